The van der Waals surface area contributed by atoms with E-state index in [0.29, 0.717) is 29.8 Å². The topological polar surface area (TPSA) is 34.1 Å². The molecule has 0 N–H and O–H groups in total. The Morgan fingerprint density at radius 2 is 1.83 bits per heavy atom. The van der Waals surface area contributed by atoms with Crippen LogP contribution in [0, 0.1) is 28.1 Å². The lowest BCUT2D eigenvalue weighted by molar-refractivity contribution is -0.150. The summed E-state index contributed by atoms with van der Waals surface area (Å²) < 4.78 is 0. The molecule has 3 fully saturated rings. The van der Waals surface area contributed by atoms with Crippen LogP contribution in [-0.4, -0.2) is 11.6 Å². The van der Waals surface area contributed by atoms with Crippen molar-refractivity contribution in [3.8, 4) is 0 Å². The summed E-state index contributed by atoms with van der Waals surface area (Å²) in [6, 6.07) is 0. The van der Waals surface area contributed by atoms with Crippen molar-refractivity contribution in [3.63, 3.8) is 0 Å². The number of hydrogen-bond donors (Lipinski definition) is 0. The van der Waals surface area contributed by atoms with Gasteiger partial charge < -0.3 is 0 Å². The van der Waals surface area contributed by atoms with Crippen LogP contribution in [0.15, 0.2) is 23.3 Å². The maximum atomic E-state index is 12.5. The van der Waals surface area contributed by atoms with Gasteiger partial charge in [-0.15, -0.1) is 0 Å². The van der Waals surface area contributed by atoms with E-state index in [0.717, 1.165) is 38.5 Å². The minimum absolute atomic E-state index is 0.0131. The van der Waals surface area contributed by atoms with Crippen LogP contribution >= 0.6 is 0 Å². The average Bonchev–Trinajstić information content (AvgIpc) is 2.89. The third-order valence-electron chi connectivity index (χ3n) is 9.01. The second-order valence-corrected chi connectivity index (χ2v) is 9.54. The molecule has 5 aliphatic rings. The smallest absolute Gasteiger partial charge is 0.155 e. The normalized spacial score (nSPS) is 49.8. The van der Waals surface area contributed by atoms with E-state index >= 15 is 0 Å². The summed E-state index contributed by atoms with van der Waals surface area (Å²) in [7, 11) is 0. The molecule has 3 saturated carbocycles. The Morgan fingerprint density at radius 3 is 2.54 bits per heavy atom. The van der Waals surface area contributed by atoms with E-state index in [1.165, 1.54) is 18.4 Å². The van der Waals surface area contributed by atoms with Crippen LogP contribution in [0.25, 0.3) is 0 Å². The molecule has 0 aromatic rings. The van der Waals surface area contributed by atoms with Crippen LogP contribution in [0.2, 0.25) is 0 Å². The fourth-order valence-electron chi connectivity index (χ4n) is 7.38. The van der Waals surface area contributed by atoms with Gasteiger partial charge in [0.1, 0.15) is 5.78 Å². The van der Waals surface area contributed by atoms with Gasteiger partial charge in [-0.2, -0.15) is 0 Å². The molecule has 4 unspecified atom stereocenters. The van der Waals surface area contributed by atoms with Crippen molar-refractivity contribution in [2.24, 2.45) is 28.1 Å². The lowest BCUT2D eigenvalue weighted by Gasteiger charge is -2.57. The molecule has 1 spiro atoms. The summed E-state index contributed by atoms with van der Waals surface area (Å²) in [5, 5.41) is 0. The Balaban J connectivity index is 1.58. The average molecular weight is 324 g/mol. The van der Waals surface area contributed by atoms with E-state index in [1.807, 2.05) is 6.08 Å². The van der Waals surface area contributed by atoms with Crippen LogP contribution in [0.4, 0.5) is 0 Å². The molecular weight excluding hydrogens is 296 g/mol. The van der Waals surface area contributed by atoms with Crippen molar-refractivity contribution in [1.82, 2.24) is 0 Å². The first-order valence-corrected chi connectivity index (χ1v) is 9.88. The lowest BCUT2D eigenvalue weighted by Crippen LogP contribution is -2.54. The van der Waals surface area contributed by atoms with Crippen LogP contribution in [0.3, 0.4) is 0 Å². The molecule has 24 heavy (non-hydrogen) atoms. The largest absolute Gasteiger partial charge is 0.299 e. The number of rotatable bonds is 0. The molecular formula is C22H28O2. The summed E-state index contributed by atoms with van der Waals surface area (Å²) in [5.74, 6) is 2.20. The second-order valence-electron chi connectivity index (χ2n) is 9.54. The van der Waals surface area contributed by atoms with Gasteiger partial charge in [0.25, 0.3) is 0 Å². The Bertz CT molecular complexity index is 713. The minimum atomic E-state index is 0.0131. The molecule has 5 rings (SSSR count). The number of ketones is 2. The highest BCUT2D eigenvalue weighted by atomic mass is 16.1. The molecule has 0 radical (unpaired) electrons. The second kappa shape index (κ2) is 4.51. The fourth-order valence-corrected chi connectivity index (χ4v) is 7.38. The van der Waals surface area contributed by atoms with Crippen molar-refractivity contribution >= 4 is 11.6 Å². The van der Waals surface area contributed by atoms with E-state index in [9.17, 15) is 9.59 Å². The molecule has 0 aromatic heterocycles. The van der Waals surface area contributed by atoms with Crippen LogP contribution in [0.5, 0.6) is 0 Å². The molecule has 0 bridgehead atoms. The Labute approximate surface area is 144 Å². The third kappa shape index (κ3) is 1.54. The zero-order valence-corrected chi connectivity index (χ0v) is 15.0. The number of carbonyl (C=O) groups excluding carboxylic acids is 2. The monoisotopic (exact) mass is 324 g/mol. The van der Waals surface area contributed by atoms with Gasteiger partial charge in [0.15, 0.2) is 5.78 Å². The van der Waals surface area contributed by atoms with Crippen LogP contribution < -0.4 is 0 Å². The highest BCUT2D eigenvalue weighted by Crippen LogP contribution is 2.71. The number of carbonyl (C=O) groups is 2. The standard InChI is InChI=1S/C22H28O2/c1-20-9-5-15(23)13-14(20)3-4-16-17(20)6-10-21(2)18(16)7-11-22(21)12-8-19(22)24/h6,13,16,18H,3-5,7-12H2,1-2H3/t16?,18?,20?,21?,22-/m0/s1. The molecule has 5 aliphatic carbocycles. The van der Waals surface area contributed by atoms with Crippen molar-refractivity contribution < 1.29 is 9.59 Å². The first kappa shape index (κ1) is 15.1. The summed E-state index contributed by atoms with van der Waals surface area (Å²) >= 11 is 0. The maximum Gasteiger partial charge on any atom is 0.155 e. The quantitative estimate of drug-likeness (QED) is 0.600. The predicted molar refractivity (Wildman–Crippen MR) is 93.4 cm³/mol. The van der Waals surface area contributed by atoms with Gasteiger partial charge in [-0.1, -0.05) is 31.1 Å². The van der Waals surface area contributed by atoms with E-state index in [2.05, 4.69) is 19.9 Å². The van der Waals surface area contributed by atoms with Crippen LogP contribution in [0.1, 0.15) is 71.6 Å². The summed E-state index contributed by atoms with van der Waals surface area (Å²) in [6.45, 7) is 4.80. The highest BCUT2D eigenvalue weighted by Gasteiger charge is 2.67. The van der Waals surface area contributed by atoms with Crippen molar-refractivity contribution in [3.05, 3.63) is 23.3 Å². The number of fused-ring (bicyclic) bond motifs is 6. The van der Waals surface area contributed by atoms with E-state index in [-0.39, 0.29) is 16.2 Å². The zero-order chi connectivity index (χ0) is 16.7. The van der Waals surface area contributed by atoms with E-state index in [1.54, 1.807) is 5.57 Å². The molecule has 0 aliphatic heterocycles. The SMILES string of the molecule is CC12CCC(=O)C=C1CCC1C2=CCC2(C)C1CC[C@@]21CCC1=O. The maximum absolute atomic E-state index is 12.5. The van der Waals surface area contributed by atoms with Gasteiger partial charge in [0, 0.05) is 23.7 Å². The first-order chi connectivity index (χ1) is 11.4. The molecule has 128 valence electrons. The summed E-state index contributed by atoms with van der Waals surface area (Å²) in [6.07, 6.45) is 13.8. The van der Waals surface area contributed by atoms with Crippen molar-refractivity contribution in [2.75, 3.05) is 0 Å². The third-order valence-corrected chi connectivity index (χ3v) is 9.01. The fraction of sp³-hybridized carbons (Fsp3) is 0.727. The van der Waals surface area contributed by atoms with Gasteiger partial charge in [-0.25, -0.2) is 0 Å². The first-order valence-electron chi connectivity index (χ1n) is 9.88. The number of allylic oxidation sites excluding steroid dienone is 4. The van der Waals surface area contributed by atoms with Gasteiger partial charge in [-0.3, -0.25) is 9.59 Å². The molecule has 0 heterocycles. The number of hydrogen-bond acceptors (Lipinski definition) is 2. The van der Waals surface area contributed by atoms with Gasteiger partial charge in [0.05, 0.1) is 0 Å². The van der Waals surface area contributed by atoms with Crippen molar-refractivity contribution in [1.29, 1.82) is 0 Å². The lowest BCUT2D eigenvalue weighted by atomic mass is 9.45. The molecule has 2 heteroatoms. The van der Waals surface area contributed by atoms with E-state index < -0.39 is 0 Å². The molecule has 0 amide bonds. The molecule has 2 nitrogen and oxygen atoms in total. The van der Waals surface area contributed by atoms with Crippen LogP contribution in [-0.2, 0) is 9.59 Å². The minimum Gasteiger partial charge on any atom is -0.299 e. The Kier molecular flexibility index (Phi) is 2.84. The summed E-state index contributed by atoms with van der Waals surface area (Å²) in [4.78, 5) is 24.4. The van der Waals surface area contributed by atoms with Gasteiger partial charge in [-0.05, 0) is 68.3 Å². The Hall–Kier alpha value is -1.18. The van der Waals surface area contributed by atoms with Gasteiger partial charge in [0.2, 0.25) is 0 Å². The van der Waals surface area contributed by atoms with Gasteiger partial charge >= 0.3 is 0 Å². The van der Waals surface area contributed by atoms with E-state index in [4.69, 9.17) is 0 Å². The molecule has 5 atom stereocenters. The highest BCUT2D eigenvalue weighted by molar-refractivity contribution is 5.92. The molecule has 0 saturated heterocycles. The van der Waals surface area contributed by atoms with Crippen molar-refractivity contribution in [2.45, 2.75) is 71.6 Å². The Morgan fingerprint density at radius 1 is 1.00 bits per heavy atom. The summed E-state index contributed by atoms with van der Waals surface area (Å²) in [5.41, 5.74) is 3.34. The molecule has 0 aromatic carbocycles. The zero-order valence-electron chi connectivity index (χ0n) is 15.0. The predicted octanol–water partition coefficient (Wildman–Crippen LogP) is 4.79. The number of Topliss-reactive ketones (excluding diaryl/α,β-unsaturated/α-hetero) is 1.